The number of thiazole rings is 1. The molecule has 3 aromatic rings. The van der Waals surface area contributed by atoms with Crippen LogP contribution in [-0.2, 0) is 25.8 Å². The third kappa shape index (κ3) is 7.36. The quantitative estimate of drug-likeness (QED) is 0.285. The van der Waals surface area contributed by atoms with Crippen LogP contribution in [0, 0.1) is 5.82 Å². The Labute approximate surface area is 194 Å². The second kappa shape index (κ2) is 11.4. The Hall–Kier alpha value is -2.78. The van der Waals surface area contributed by atoms with Crippen molar-refractivity contribution >= 4 is 17.2 Å². The molecule has 0 aliphatic rings. The summed E-state index contributed by atoms with van der Waals surface area (Å²) in [5.74, 6) is -0.647. The highest BCUT2D eigenvalue weighted by Crippen LogP contribution is 2.30. The monoisotopic (exact) mass is 479 g/mol. The number of nitrogens with zero attached hydrogens (tertiary/aromatic N) is 2. The molecule has 1 aromatic heterocycles. The van der Waals surface area contributed by atoms with E-state index < -0.39 is 11.7 Å². The molecular weight excluding hydrogens is 454 g/mol. The van der Waals surface area contributed by atoms with Gasteiger partial charge in [0.15, 0.2) is 0 Å². The second-order valence-corrected chi connectivity index (χ2v) is 8.61. The lowest BCUT2D eigenvalue weighted by atomic mass is 10.1. The Balaban J connectivity index is 1.78. The Morgan fingerprint density at radius 1 is 1.09 bits per heavy atom. The van der Waals surface area contributed by atoms with E-state index in [1.807, 2.05) is 11.8 Å². The number of hydrogen-bond donors (Lipinski definition) is 1. The zero-order valence-electron chi connectivity index (χ0n) is 18.2. The molecular formula is C24H25F4N3OS. The van der Waals surface area contributed by atoms with Crippen LogP contribution in [0.1, 0.15) is 52.0 Å². The first-order chi connectivity index (χ1) is 15.8. The molecule has 1 heterocycles. The van der Waals surface area contributed by atoms with E-state index in [0.29, 0.717) is 28.4 Å². The van der Waals surface area contributed by atoms with E-state index >= 15 is 0 Å². The molecule has 0 aliphatic carbocycles. The minimum Gasteiger partial charge on any atom is -0.351 e. The number of unbranched alkanes of at least 4 members (excludes halogenated alkanes) is 1. The van der Waals surface area contributed by atoms with Crippen molar-refractivity contribution in [3.8, 4) is 0 Å². The molecule has 0 aliphatic heterocycles. The third-order valence-electron chi connectivity index (χ3n) is 4.97. The van der Waals surface area contributed by atoms with Gasteiger partial charge < -0.3 is 5.32 Å². The van der Waals surface area contributed by atoms with E-state index in [1.54, 1.807) is 29.6 Å². The van der Waals surface area contributed by atoms with E-state index in [4.69, 9.17) is 0 Å². The second-order valence-electron chi connectivity index (χ2n) is 7.67. The molecule has 0 spiro atoms. The lowest BCUT2D eigenvalue weighted by Gasteiger charge is -2.22. The van der Waals surface area contributed by atoms with Crippen molar-refractivity contribution in [1.82, 2.24) is 15.2 Å². The van der Waals surface area contributed by atoms with Crippen LogP contribution in [0.15, 0.2) is 53.9 Å². The van der Waals surface area contributed by atoms with Crippen LogP contribution in [0.3, 0.4) is 0 Å². The smallest absolute Gasteiger partial charge is 0.351 e. The number of benzene rings is 2. The molecule has 0 radical (unpaired) electrons. The summed E-state index contributed by atoms with van der Waals surface area (Å²) in [4.78, 5) is 18.4. The number of rotatable bonds is 10. The molecule has 0 fully saturated rings. The van der Waals surface area contributed by atoms with Gasteiger partial charge in [-0.05, 0) is 24.1 Å². The Bertz CT molecular complexity index is 1070. The Morgan fingerprint density at radius 2 is 1.88 bits per heavy atom. The first kappa shape index (κ1) is 24.9. The van der Waals surface area contributed by atoms with Gasteiger partial charge in [0, 0.05) is 30.6 Å². The third-order valence-corrected chi connectivity index (χ3v) is 5.80. The number of aromatic nitrogens is 1. The van der Waals surface area contributed by atoms with E-state index in [1.165, 1.54) is 23.5 Å². The maximum Gasteiger partial charge on any atom is 0.416 e. The molecule has 33 heavy (non-hydrogen) atoms. The number of halogens is 4. The van der Waals surface area contributed by atoms with Gasteiger partial charge >= 0.3 is 6.18 Å². The van der Waals surface area contributed by atoms with Crippen molar-refractivity contribution in [2.24, 2.45) is 0 Å². The van der Waals surface area contributed by atoms with Gasteiger partial charge in [0.25, 0.3) is 5.91 Å². The standard InChI is InChI=1S/C24H25F4N3OS/c1-2-3-11-29-23(32)21-16-33-22(30-21)15-31(14-18-8-4-5-10-20(18)25)13-17-7-6-9-19(12-17)24(26,27)28/h4-10,12,16H,2-3,11,13-15H2,1H3,(H,29,32). The van der Waals surface area contributed by atoms with Gasteiger partial charge in [-0.2, -0.15) is 13.2 Å². The fourth-order valence-electron chi connectivity index (χ4n) is 3.29. The Morgan fingerprint density at radius 3 is 2.61 bits per heavy atom. The molecule has 1 amide bonds. The van der Waals surface area contributed by atoms with E-state index in [9.17, 15) is 22.4 Å². The molecule has 2 aromatic carbocycles. The van der Waals surface area contributed by atoms with Gasteiger partial charge in [-0.25, -0.2) is 9.37 Å². The molecule has 4 nitrogen and oxygen atoms in total. The fraction of sp³-hybridized carbons (Fsp3) is 0.333. The largest absolute Gasteiger partial charge is 0.416 e. The average molecular weight is 480 g/mol. The molecule has 1 N–H and O–H groups in total. The van der Waals surface area contributed by atoms with E-state index in [0.717, 1.165) is 25.0 Å². The number of hydrogen-bond acceptors (Lipinski definition) is 4. The van der Waals surface area contributed by atoms with E-state index in [-0.39, 0.29) is 31.4 Å². The number of nitrogens with one attached hydrogen (secondary N) is 1. The summed E-state index contributed by atoms with van der Waals surface area (Å²) < 4.78 is 53.7. The predicted molar refractivity (Wildman–Crippen MR) is 120 cm³/mol. The van der Waals surface area contributed by atoms with Crippen molar-refractivity contribution in [3.05, 3.63) is 87.1 Å². The number of amides is 1. The van der Waals surface area contributed by atoms with Gasteiger partial charge in [-0.3, -0.25) is 9.69 Å². The highest BCUT2D eigenvalue weighted by molar-refractivity contribution is 7.09. The summed E-state index contributed by atoms with van der Waals surface area (Å²) in [7, 11) is 0. The summed E-state index contributed by atoms with van der Waals surface area (Å²) >= 11 is 1.29. The molecule has 0 saturated carbocycles. The maximum absolute atomic E-state index is 14.3. The molecule has 0 unspecified atom stereocenters. The SMILES string of the molecule is CCCCNC(=O)c1csc(CN(Cc2cccc(C(F)(F)F)c2)Cc2ccccc2F)n1. The normalized spacial score (nSPS) is 11.7. The zero-order chi connectivity index (χ0) is 23.8. The fourth-order valence-corrected chi connectivity index (χ4v) is 4.10. The minimum atomic E-state index is -4.44. The highest BCUT2D eigenvalue weighted by atomic mass is 32.1. The van der Waals surface area contributed by atoms with Gasteiger partial charge in [0.2, 0.25) is 0 Å². The number of alkyl halides is 3. The summed E-state index contributed by atoms with van der Waals surface area (Å²) in [6, 6.07) is 11.4. The van der Waals surface area contributed by atoms with Gasteiger partial charge in [-0.1, -0.05) is 49.7 Å². The maximum atomic E-state index is 14.3. The molecule has 0 saturated heterocycles. The summed E-state index contributed by atoms with van der Waals surface area (Å²) in [5, 5.41) is 5.09. The summed E-state index contributed by atoms with van der Waals surface area (Å²) in [5.41, 5.74) is 0.455. The highest BCUT2D eigenvalue weighted by Gasteiger charge is 2.30. The van der Waals surface area contributed by atoms with E-state index in [2.05, 4.69) is 10.3 Å². The van der Waals surface area contributed by atoms with Crippen molar-refractivity contribution in [1.29, 1.82) is 0 Å². The van der Waals surface area contributed by atoms with Crippen molar-refractivity contribution in [3.63, 3.8) is 0 Å². The van der Waals surface area contributed by atoms with Crippen LogP contribution < -0.4 is 5.32 Å². The summed E-state index contributed by atoms with van der Waals surface area (Å²) in [6.07, 6.45) is -2.61. The van der Waals surface area contributed by atoms with Gasteiger partial charge in [-0.15, -0.1) is 11.3 Å². The first-order valence-electron chi connectivity index (χ1n) is 10.6. The van der Waals surface area contributed by atoms with Gasteiger partial charge in [0.05, 0.1) is 12.1 Å². The lowest BCUT2D eigenvalue weighted by molar-refractivity contribution is -0.137. The van der Waals surface area contributed by atoms with Crippen LogP contribution in [0.4, 0.5) is 17.6 Å². The van der Waals surface area contributed by atoms with Crippen molar-refractivity contribution in [2.75, 3.05) is 6.54 Å². The van der Waals surface area contributed by atoms with Crippen molar-refractivity contribution < 1.29 is 22.4 Å². The molecule has 3 rings (SSSR count). The molecule has 176 valence electrons. The number of carbonyl (C=O) groups is 1. The summed E-state index contributed by atoms with van der Waals surface area (Å²) in [6.45, 7) is 3.20. The average Bonchev–Trinajstić information content (AvgIpc) is 3.24. The molecule has 9 heteroatoms. The van der Waals surface area contributed by atoms with Crippen LogP contribution in [0.2, 0.25) is 0 Å². The van der Waals surface area contributed by atoms with Crippen LogP contribution in [0.25, 0.3) is 0 Å². The zero-order valence-corrected chi connectivity index (χ0v) is 19.0. The van der Waals surface area contributed by atoms with Crippen LogP contribution >= 0.6 is 11.3 Å². The predicted octanol–water partition coefficient (Wildman–Crippen LogP) is 6.03. The van der Waals surface area contributed by atoms with Crippen molar-refractivity contribution in [2.45, 2.75) is 45.6 Å². The topological polar surface area (TPSA) is 45.2 Å². The van der Waals surface area contributed by atoms with Gasteiger partial charge in [0.1, 0.15) is 16.5 Å². The number of carbonyl (C=O) groups excluding carboxylic acids is 1. The molecule has 0 atom stereocenters. The first-order valence-corrected chi connectivity index (χ1v) is 11.5. The minimum absolute atomic E-state index is 0.163. The van der Waals surface area contributed by atoms with Crippen LogP contribution in [-0.4, -0.2) is 22.3 Å². The van der Waals surface area contributed by atoms with Crippen LogP contribution in [0.5, 0.6) is 0 Å². The lowest BCUT2D eigenvalue weighted by Crippen LogP contribution is -2.25. The Kier molecular flexibility index (Phi) is 8.57. The molecule has 0 bridgehead atoms.